The van der Waals surface area contributed by atoms with Crippen LogP contribution in [0.1, 0.15) is 0 Å². The Balaban J connectivity index is 2.16. The lowest BCUT2D eigenvalue weighted by atomic mass is 10.3. The van der Waals surface area contributed by atoms with E-state index in [1.54, 1.807) is 6.26 Å². The van der Waals surface area contributed by atoms with Gasteiger partial charge in [-0.1, -0.05) is 12.1 Å². The molecular weight excluding hydrogens is 226 g/mol. The summed E-state index contributed by atoms with van der Waals surface area (Å²) in [5.74, 6) is 6.25. The lowest BCUT2D eigenvalue weighted by Crippen LogP contribution is -2.34. The monoisotopic (exact) mass is 239 g/mol. The van der Waals surface area contributed by atoms with Crippen molar-refractivity contribution >= 4 is 27.9 Å². The molecule has 5 nitrogen and oxygen atoms in total. The van der Waals surface area contributed by atoms with Crippen LogP contribution < -0.4 is 10.9 Å². The molecule has 1 heterocycles. The molecule has 16 heavy (non-hydrogen) atoms. The summed E-state index contributed by atoms with van der Waals surface area (Å²) >= 11 is 0. The molecule has 2 rings (SSSR count). The minimum Gasteiger partial charge on any atom is -0.422 e. The van der Waals surface area contributed by atoms with Crippen LogP contribution >= 0.6 is 0 Å². The SMILES string of the molecule is CS(=O)CCN(N)c1nc2ccccc2o1. The van der Waals surface area contributed by atoms with Crippen molar-refractivity contribution in [3.8, 4) is 0 Å². The maximum atomic E-state index is 10.9. The standard InChI is InChI=1S/C10H13N3O2S/c1-16(14)7-6-13(11)10-12-8-4-2-3-5-9(8)15-10/h2-5H,6-7,11H2,1H3. The molecular formula is C10H13N3O2S. The van der Waals surface area contributed by atoms with Gasteiger partial charge in [-0.15, -0.1) is 0 Å². The largest absolute Gasteiger partial charge is 0.422 e. The van der Waals surface area contributed by atoms with E-state index in [0.717, 1.165) is 5.52 Å². The Hall–Kier alpha value is -1.40. The number of hydrogen-bond acceptors (Lipinski definition) is 5. The molecule has 6 heteroatoms. The highest BCUT2D eigenvalue weighted by Crippen LogP contribution is 2.19. The van der Waals surface area contributed by atoms with E-state index in [0.29, 0.717) is 23.9 Å². The molecule has 0 aliphatic carbocycles. The fraction of sp³-hybridized carbons (Fsp3) is 0.300. The molecule has 2 aromatic rings. The number of hydrogen-bond donors (Lipinski definition) is 1. The summed E-state index contributed by atoms with van der Waals surface area (Å²) in [7, 11) is -0.869. The number of aromatic nitrogens is 1. The van der Waals surface area contributed by atoms with Gasteiger partial charge in [-0.2, -0.15) is 4.98 Å². The van der Waals surface area contributed by atoms with Crippen molar-refractivity contribution in [2.45, 2.75) is 0 Å². The number of rotatable bonds is 4. The van der Waals surface area contributed by atoms with E-state index in [1.807, 2.05) is 24.3 Å². The molecule has 0 saturated carbocycles. The van der Waals surface area contributed by atoms with Gasteiger partial charge >= 0.3 is 6.01 Å². The number of hydrazine groups is 1. The second-order valence-electron chi connectivity index (χ2n) is 3.43. The van der Waals surface area contributed by atoms with Crippen LogP contribution in [0.25, 0.3) is 11.1 Å². The number of oxazole rings is 1. The Morgan fingerprint density at radius 3 is 2.94 bits per heavy atom. The first kappa shape index (κ1) is 11.1. The topological polar surface area (TPSA) is 72.4 Å². The summed E-state index contributed by atoms with van der Waals surface area (Å²) in [5, 5.41) is 1.38. The molecule has 1 atom stereocenters. The zero-order valence-corrected chi connectivity index (χ0v) is 9.74. The van der Waals surface area contributed by atoms with Crippen LogP contribution in [-0.2, 0) is 10.8 Å². The van der Waals surface area contributed by atoms with E-state index in [9.17, 15) is 4.21 Å². The van der Waals surface area contributed by atoms with Crippen molar-refractivity contribution < 1.29 is 8.63 Å². The van der Waals surface area contributed by atoms with Gasteiger partial charge in [-0.25, -0.2) is 5.84 Å². The molecule has 1 unspecified atom stereocenters. The first-order valence-electron chi connectivity index (χ1n) is 4.84. The predicted molar refractivity (Wildman–Crippen MR) is 64.5 cm³/mol. The molecule has 0 bridgehead atoms. The van der Waals surface area contributed by atoms with Crippen LogP contribution in [0.3, 0.4) is 0 Å². The maximum absolute atomic E-state index is 10.9. The molecule has 0 aliphatic heterocycles. The van der Waals surface area contributed by atoms with E-state index < -0.39 is 10.8 Å². The average Bonchev–Trinajstić information content (AvgIpc) is 2.69. The van der Waals surface area contributed by atoms with E-state index >= 15 is 0 Å². The van der Waals surface area contributed by atoms with Crippen molar-refractivity contribution in [1.29, 1.82) is 0 Å². The first-order chi connectivity index (χ1) is 7.66. The lowest BCUT2D eigenvalue weighted by Gasteiger charge is -2.11. The molecule has 0 saturated heterocycles. The van der Waals surface area contributed by atoms with Gasteiger partial charge in [0.2, 0.25) is 0 Å². The van der Waals surface area contributed by atoms with Gasteiger partial charge in [0.25, 0.3) is 0 Å². The smallest absolute Gasteiger partial charge is 0.313 e. The molecule has 1 aromatic heterocycles. The van der Waals surface area contributed by atoms with Crippen molar-refractivity contribution in [1.82, 2.24) is 4.98 Å². The third-order valence-corrected chi connectivity index (χ3v) is 2.91. The Kier molecular flexibility index (Phi) is 3.21. The van der Waals surface area contributed by atoms with Crippen LogP contribution in [0.4, 0.5) is 6.01 Å². The molecule has 0 fully saturated rings. The molecule has 0 amide bonds. The van der Waals surface area contributed by atoms with Crippen LogP contribution in [0, 0.1) is 0 Å². The van der Waals surface area contributed by atoms with Crippen LogP contribution in [0.2, 0.25) is 0 Å². The second-order valence-corrected chi connectivity index (χ2v) is 4.99. The van der Waals surface area contributed by atoms with Gasteiger partial charge in [0.15, 0.2) is 5.58 Å². The van der Waals surface area contributed by atoms with Gasteiger partial charge in [0.1, 0.15) is 5.52 Å². The summed E-state index contributed by atoms with van der Waals surface area (Å²) in [6.07, 6.45) is 1.64. The van der Waals surface area contributed by atoms with Crippen molar-refractivity contribution in [3.63, 3.8) is 0 Å². The molecule has 86 valence electrons. The molecule has 0 radical (unpaired) electrons. The molecule has 1 aromatic carbocycles. The number of para-hydroxylation sites is 2. The Morgan fingerprint density at radius 1 is 1.50 bits per heavy atom. The lowest BCUT2D eigenvalue weighted by molar-refractivity contribution is 0.576. The van der Waals surface area contributed by atoms with E-state index in [4.69, 9.17) is 10.3 Å². The van der Waals surface area contributed by atoms with Crippen molar-refractivity contribution in [2.75, 3.05) is 23.6 Å². The Morgan fingerprint density at radius 2 is 2.25 bits per heavy atom. The maximum Gasteiger partial charge on any atom is 0.313 e. The van der Waals surface area contributed by atoms with Crippen molar-refractivity contribution in [3.05, 3.63) is 24.3 Å². The highest BCUT2D eigenvalue weighted by Gasteiger charge is 2.10. The third kappa shape index (κ3) is 2.40. The zero-order valence-electron chi connectivity index (χ0n) is 8.92. The number of nitrogens with zero attached hydrogens (tertiary/aromatic N) is 2. The average molecular weight is 239 g/mol. The number of nitrogens with two attached hydrogens (primary N) is 1. The van der Waals surface area contributed by atoms with Gasteiger partial charge in [0, 0.05) is 22.8 Å². The Bertz CT molecular complexity index is 478. The third-order valence-electron chi connectivity index (χ3n) is 2.15. The predicted octanol–water partition coefficient (Wildman–Crippen LogP) is 0.886. The highest BCUT2D eigenvalue weighted by molar-refractivity contribution is 7.84. The Labute approximate surface area is 95.7 Å². The summed E-state index contributed by atoms with van der Waals surface area (Å²) < 4.78 is 16.4. The molecule has 0 spiro atoms. The van der Waals surface area contributed by atoms with E-state index in [1.165, 1.54) is 5.01 Å². The minimum atomic E-state index is -0.869. The van der Waals surface area contributed by atoms with Gasteiger partial charge < -0.3 is 4.42 Å². The summed E-state index contributed by atoms with van der Waals surface area (Å²) in [6, 6.07) is 7.80. The molecule has 0 aliphatic rings. The van der Waals surface area contributed by atoms with Crippen LogP contribution in [-0.4, -0.2) is 27.7 Å². The fourth-order valence-corrected chi connectivity index (χ4v) is 1.76. The quantitative estimate of drug-likeness (QED) is 0.633. The number of fused-ring (bicyclic) bond motifs is 1. The van der Waals surface area contributed by atoms with E-state index in [-0.39, 0.29) is 0 Å². The number of benzene rings is 1. The number of anilines is 1. The zero-order chi connectivity index (χ0) is 11.5. The van der Waals surface area contributed by atoms with Crippen LogP contribution in [0.5, 0.6) is 0 Å². The van der Waals surface area contributed by atoms with Gasteiger partial charge in [0.05, 0.1) is 6.54 Å². The van der Waals surface area contributed by atoms with Gasteiger partial charge in [-0.3, -0.25) is 9.22 Å². The van der Waals surface area contributed by atoms with Crippen molar-refractivity contribution in [2.24, 2.45) is 5.84 Å². The fourth-order valence-electron chi connectivity index (χ4n) is 1.31. The van der Waals surface area contributed by atoms with Crippen LogP contribution in [0.15, 0.2) is 28.7 Å². The first-order valence-corrected chi connectivity index (χ1v) is 6.57. The van der Waals surface area contributed by atoms with E-state index in [2.05, 4.69) is 4.98 Å². The summed E-state index contributed by atoms with van der Waals surface area (Å²) in [5.41, 5.74) is 1.47. The highest BCUT2D eigenvalue weighted by atomic mass is 32.2. The molecule has 2 N–H and O–H groups in total. The van der Waals surface area contributed by atoms with Gasteiger partial charge in [-0.05, 0) is 12.1 Å². The second kappa shape index (κ2) is 4.63. The normalized spacial score (nSPS) is 12.9. The summed E-state index contributed by atoms with van der Waals surface area (Å²) in [4.78, 5) is 4.23. The summed E-state index contributed by atoms with van der Waals surface area (Å²) in [6.45, 7) is 0.454. The minimum absolute atomic E-state index is 0.353.